The van der Waals surface area contributed by atoms with E-state index in [0.717, 1.165) is 68.6 Å². The Hall–Kier alpha value is -2.47. The lowest BCUT2D eigenvalue weighted by molar-refractivity contribution is -0.127. The van der Waals surface area contributed by atoms with Gasteiger partial charge in [0.05, 0.1) is 17.4 Å². The van der Waals surface area contributed by atoms with Crippen LogP contribution in [-0.2, 0) is 9.59 Å². The second-order valence-electron chi connectivity index (χ2n) is 8.70. The van der Waals surface area contributed by atoms with Crippen molar-refractivity contribution in [1.82, 2.24) is 20.4 Å². The van der Waals surface area contributed by atoms with Crippen LogP contribution in [0.4, 0.5) is 0 Å². The number of carbonyl (C=O) groups is 2. The van der Waals surface area contributed by atoms with E-state index in [1.54, 1.807) is 0 Å². The summed E-state index contributed by atoms with van der Waals surface area (Å²) in [4.78, 5) is 26.8. The van der Waals surface area contributed by atoms with Crippen molar-refractivity contribution in [1.29, 1.82) is 0 Å². The first-order valence-corrected chi connectivity index (χ1v) is 11.7. The molecule has 2 aromatic rings. The van der Waals surface area contributed by atoms with Crippen LogP contribution in [0.1, 0.15) is 70.0 Å². The number of piperidine rings is 1. The molecule has 0 bridgehead atoms. The summed E-state index contributed by atoms with van der Waals surface area (Å²) in [6.45, 7) is 3.85. The van der Waals surface area contributed by atoms with Crippen LogP contribution in [0.3, 0.4) is 0 Å². The average molecular weight is 425 g/mol. The lowest BCUT2D eigenvalue weighted by Crippen LogP contribution is -2.40. The molecule has 1 atom stereocenters. The fraction of sp³-hybridized carbons (Fsp3) is 0.560. The molecule has 0 saturated carbocycles. The van der Waals surface area contributed by atoms with Crippen molar-refractivity contribution in [3.05, 3.63) is 42.1 Å². The number of benzene rings is 1. The monoisotopic (exact) mass is 424 g/mol. The van der Waals surface area contributed by atoms with E-state index >= 15 is 0 Å². The molecule has 6 nitrogen and oxygen atoms in total. The maximum atomic E-state index is 13.0. The zero-order valence-corrected chi connectivity index (χ0v) is 18.9. The first kappa shape index (κ1) is 23.2. The van der Waals surface area contributed by atoms with Crippen LogP contribution in [0.25, 0.3) is 11.3 Å². The van der Waals surface area contributed by atoms with Gasteiger partial charge in [0, 0.05) is 24.3 Å². The molecule has 1 aromatic carbocycles. The van der Waals surface area contributed by atoms with E-state index in [0.29, 0.717) is 18.6 Å². The number of aromatic nitrogens is 2. The fourth-order valence-electron chi connectivity index (χ4n) is 4.16. The Morgan fingerprint density at radius 2 is 1.90 bits per heavy atom. The molecule has 1 unspecified atom stereocenters. The van der Waals surface area contributed by atoms with Gasteiger partial charge < -0.3 is 10.2 Å². The number of nitrogens with zero attached hydrogens (tertiary/aromatic N) is 2. The minimum atomic E-state index is -0.0843. The van der Waals surface area contributed by atoms with Gasteiger partial charge in [-0.05, 0) is 51.9 Å². The highest BCUT2D eigenvalue weighted by molar-refractivity contribution is 5.79. The summed E-state index contributed by atoms with van der Waals surface area (Å²) in [5, 5.41) is 10.9. The molecule has 1 aliphatic rings. The van der Waals surface area contributed by atoms with Crippen molar-refractivity contribution in [2.24, 2.45) is 5.92 Å². The molecule has 0 spiro atoms. The van der Waals surface area contributed by atoms with Gasteiger partial charge in [-0.2, -0.15) is 5.10 Å². The van der Waals surface area contributed by atoms with Gasteiger partial charge in [0.25, 0.3) is 0 Å². The van der Waals surface area contributed by atoms with E-state index in [9.17, 15) is 9.59 Å². The standard InChI is InChI=1S/C25H36N4O2/c1-3-21(30)12-8-5-9-13-22(26-25(31)20-14-16-29(2)17-15-20)24-18-23(27-28-24)19-10-6-4-7-11-19/h4,6-7,10-11,18,20,22H,3,5,8-9,12-17H2,1-2H3,(H,26,31)(H,27,28). The molecule has 1 saturated heterocycles. The Bertz CT molecular complexity index is 825. The third-order valence-corrected chi connectivity index (χ3v) is 6.29. The molecule has 2 heterocycles. The van der Waals surface area contributed by atoms with Crippen LogP contribution >= 0.6 is 0 Å². The summed E-state index contributed by atoms with van der Waals surface area (Å²) in [6, 6.07) is 12.0. The number of nitrogens with one attached hydrogen (secondary N) is 2. The van der Waals surface area contributed by atoms with E-state index in [4.69, 9.17) is 0 Å². The van der Waals surface area contributed by atoms with Gasteiger partial charge >= 0.3 is 0 Å². The van der Waals surface area contributed by atoms with Gasteiger partial charge in [-0.15, -0.1) is 0 Å². The number of hydrogen-bond acceptors (Lipinski definition) is 4. The van der Waals surface area contributed by atoms with Gasteiger partial charge in [0.15, 0.2) is 0 Å². The largest absolute Gasteiger partial charge is 0.348 e. The highest BCUT2D eigenvalue weighted by Gasteiger charge is 2.26. The van der Waals surface area contributed by atoms with Crippen LogP contribution in [-0.4, -0.2) is 46.9 Å². The summed E-state index contributed by atoms with van der Waals surface area (Å²) in [6.07, 6.45) is 6.81. The number of unbranched alkanes of at least 4 members (excludes halogenated alkanes) is 2. The Morgan fingerprint density at radius 3 is 2.61 bits per heavy atom. The molecule has 1 aromatic heterocycles. The summed E-state index contributed by atoms with van der Waals surface area (Å²) in [7, 11) is 2.11. The minimum absolute atomic E-state index is 0.0809. The number of Topliss-reactive ketones (excluding diaryl/α,β-unsaturated/α-hetero) is 1. The normalized spacial score (nSPS) is 16.2. The van der Waals surface area contributed by atoms with Gasteiger partial charge in [0.1, 0.15) is 5.78 Å². The molecule has 0 aliphatic carbocycles. The molecule has 1 aliphatic heterocycles. The molecule has 6 heteroatoms. The molecule has 168 valence electrons. The predicted octanol–water partition coefficient (Wildman–Crippen LogP) is 4.51. The zero-order chi connectivity index (χ0) is 22.1. The molecular weight excluding hydrogens is 388 g/mol. The molecule has 1 amide bonds. The Balaban J connectivity index is 1.63. The predicted molar refractivity (Wildman–Crippen MR) is 124 cm³/mol. The number of hydrogen-bond donors (Lipinski definition) is 2. The molecule has 2 N–H and O–H groups in total. The summed E-state index contributed by atoms with van der Waals surface area (Å²) >= 11 is 0. The maximum absolute atomic E-state index is 13.0. The number of likely N-dealkylation sites (tertiary alicyclic amines) is 1. The maximum Gasteiger partial charge on any atom is 0.223 e. The molecular formula is C25H36N4O2. The lowest BCUT2D eigenvalue weighted by atomic mass is 9.95. The van der Waals surface area contributed by atoms with Crippen molar-refractivity contribution < 1.29 is 9.59 Å². The van der Waals surface area contributed by atoms with Crippen molar-refractivity contribution >= 4 is 11.7 Å². The number of carbonyl (C=O) groups excluding carboxylic acids is 2. The fourth-order valence-corrected chi connectivity index (χ4v) is 4.16. The SMILES string of the molecule is CCC(=O)CCCCCC(NC(=O)C1CCN(C)CC1)c1cc(-c2ccccc2)n[nH]1. The van der Waals surface area contributed by atoms with Crippen molar-refractivity contribution in [2.45, 2.75) is 64.3 Å². The number of H-pyrrole nitrogens is 1. The van der Waals surface area contributed by atoms with Gasteiger partial charge in [0.2, 0.25) is 5.91 Å². The van der Waals surface area contributed by atoms with E-state index < -0.39 is 0 Å². The zero-order valence-electron chi connectivity index (χ0n) is 18.9. The molecule has 3 rings (SSSR count). The highest BCUT2D eigenvalue weighted by atomic mass is 16.2. The third kappa shape index (κ3) is 7.03. The second-order valence-corrected chi connectivity index (χ2v) is 8.70. The van der Waals surface area contributed by atoms with Gasteiger partial charge in [-0.25, -0.2) is 0 Å². The Kier molecular flexibility index (Phi) is 8.83. The van der Waals surface area contributed by atoms with E-state index in [2.05, 4.69) is 33.5 Å². The van der Waals surface area contributed by atoms with E-state index in [1.807, 2.05) is 37.3 Å². The number of ketones is 1. The third-order valence-electron chi connectivity index (χ3n) is 6.29. The average Bonchev–Trinajstić information content (AvgIpc) is 3.29. The van der Waals surface area contributed by atoms with Crippen molar-refractivity contribution in [3.8, 4) is 11.3 Å². The summed E-state index contributed by atoms with van der Waals surface area (Å²) in [5.74, 6) is 0.556. The van der Waals surface area contributed by atoms with Crippen molar-refractivity contribution in [3.63, 3.8) is 0 Å². The molecule has 1 fully saturated rings. The number of amides is 1. The lowest BCUT2D eigenvalue weighted by Gasteiger charge is -2.29. The second kappa shape index (κ2) is 11.8. The Labute approximate surface area is 185 Å². The molecule has 0 radical (unpaired) electrons. The van der Waals surface area contributed by atoms with E-state index in [1.165, 1.54) is 0 Å². The van der Waals surface area contributed by atoms with Crippen molar-refractivity contribution in [2.75, 3.05) is 20.1 Å². The van der Waals surface area contributed by atoms with E-state index in [-0.39, 0.29) is 17.9 Å². The van der Waals surface area contributed by atoms with Crippen LogP contribution in [0, 0.1) is 5.92 Å². The highest BCUT2D eigenvalue weighted by Crippen LogP contribution is 2.25. The van der Waals surface area contributed by atoms with Crippen LogP contribution in [0.2, 0.25) is 0 Å². The minimum Gasteiger partial charge on any atom is -0.348 e. The van der Waals surface area contributed by atoms with Gasteiger partial charge in [-0.1, -0.05) is 50.1 Å². The first-order chi connectivity index (χ1) is 15.1. The van der Waals surface area contributed by atoms with Crippen LogP contribution in [0.5, 0.6) is 0 Å². The topological polar surface area (TPSA) is 78.1 Å². The smallest absolute Gasteiger partial charge is 0.223 e. The number of rotatable bonds is 11. The Morgan fingerprint density at radius 1 is 1.16 bits per heavy atom. The van der Waals surface area contributed by atoms with Crippen LogP contribution in [0.15, 0.2) is 36.4 Å². The van der Waals surface area contributed by atoms with Crippen LogP contribution < -0.4 is 5.32 Å². The summed E-state index contributed by atoms with van der Waals surface area (Å²) < 4.78 is 0. The van der Waals surface area contributed by atoms with Gasteiger partial charge in [-0.3, -0.25) is 14.7 Å². The quantitative estimate of drug-likeness (QED) is 0.521. The number of aromatic amines is 1. The first-order valence-electron chi connectivity index (χ1n) is 11.7. The molecule has 31 heavy (non-hydrogen) atoms. The summed E-state index contributed by atoms with van der Waals surface area (Å²) in [5.41, 5.74) is 2.90.